The number of nitrogens with one attached hydrogen (secondary N) is 1. The standard InChI is InChI=1S/C24H26N4O3S/c25-20-10-7-18(22-4-3-15-32-22)16-21(20)26-23(29)17-5-8-19(9-6-17)28(24(30)31)14-13-27-11-1-2-12-27/h3-10,15-16H,1-2,11-14,25H2,(H,26,29)(H,30,31). The first kappa shape index (κ1) is 21.9. The number of carbonyl (C=O) groups excluding carboxylic acids is 1. The van der Waals surface area contributed by atoms with E-state index in [0.29, 0.717) is 35.7 Å². The molecule has 166 valence electrons. The topological polar surface area (TPSA) is 98.9 Å². The molecular formula is C24H26N4O3S. The largest absolute Gasteiger partial charge is 0.465 e. The molecular weight excluding hydrogens is 424 g/mol. The minimum absolute atomic E-state index is 0.300. The summed E-state index contributed by atoms with van der Waals surface area (Å²) in [4.78, 5) is 29.2. The number of nitrogens with zero attached hydrogens (tertiary/aromatic N) is 2. The van der Waals surface area contributed by atoms with Crippen molar-refractivity contribution in [3.63, 3.8) is 0 Å². The first-order valence-corrected chi connectivity index (χ1v) is 11.5. The molecule has 0 spiro atoms. The smallest absolute Gasteiger partial charge is 0.411 e. The minimum atomic E-state index is -1.00. The highest BCUT2D eigenvalue weighted by atomic mass is 32.1. The monoisotopic (exact) mass is 450 g/mol. The van der Waals surface area contributed by atoms with Crippen LogP contribution in [0.5, 0.6) is 0 Å². The number of nitrogen functional groups attached to an aromatic ring is 1. The van der Waals surface area contributed by atoms with Crippen molar-refractivity contribution in [3.05, 3.63) is 65.5 Å². The second kappa shape index (κ2) is 9.84. The third-order valence-electron chi connectivity index (χ3n) is 5.62. The lowest BCUT2D eigenvalue weighted by molar-refractivity contribution is 0.102. The minimum Gasteiger partial charge on any atom is -0.465 e. The van der Waals surface area contributed by atoms with Crippen molar-refractivity contribution in [1.29, 1.82) is 0 Å². The van der Waals surface area contributed by atoms with Gasteiger partial charge in [-0.1, -0.05) is 12.1 Å². The van der Waals surface area contributed by atoms with Gasteiger partial charge in [-0.2, -0.15) is 0 Å². The van der Waals surface area contributed by atoms with E-state index >= 15 is 0 Å². The van der Waals surface area contributed by atoms with Crippen molar-refractivity contribution in [3.8, 4) is 10.4 Å². The molecule has 1 aliphatic rings. The summed E-state index contributed by atoms with van der Waals surface area (Å²) in [5.74, 6) is -0.300. The quantitative estimate of drug-likeness (QED) is 0.448. The van der Waals surface area contributed by atoms with E-state index in [9.17, 15) is 14.7 Å². The van der Waals surface area contributed by atoms with E-state index < -0.39 is 6.09 Å². The third-order valence-corrected chi connectivity index (χ3v) is 6.54. The molecule has 3 aromatic rings. The average molecular weight is 451 g/mol. The fourth-order valence-electron chi connectivity index (χ4n) is 3.83. The highest BCUT2D eigenvalue weighted by molar-refractivity contribution is 7.13. The van der Waals surface area contributed by atoms with Gasteiger partial charge in [-0.05, 0) is 79.3 Å². The summed E-state index contributed by atoms with van der Waals surface area (Å²) in [5.41, 5.74) is 9.05. The highest BCUT2D eigenvalue weighted by Crippen LogP contribution is 2.30. The zero-order valence-electron chi connectivity index (χ0n) is 17.7. The molecule has 7 nitrogen and oxygen atoms in total. The molecule has 2 aromatic carbocycles. The molecule has 4 N–H and O–H groups in total. The van der Waals surface area contributed by atoms with Crippen LogP contribution in [0.25, 0.3) is 10.4 Å². The van der Waals surface area contributed by atoms with Crippen LogP contribution in [0.4, 0.5) is 21.9 Å². The first-order valence-electron chi connectivity index (χ1n) is 10.6. The fourth-order valence-corrected chi connectivity index (χ4v) is 4.55. The van der Waals surface area contributed by atoms with Crippen LogP contribution >= 0.6 is 11.3 Å². The Hall–Kier alpha value is -3.36. The predicted octanol–water partition coefficient (Wildman–Crippen LogP) is 4.83. The van der Waals surface area contributed by atoms with Crippen molar-refractivity contribution in [2.24, 2.45) is 0 Å². The number of benzene rings is 2. The Morgan fingerprint density at radius 2 is 1.84 bits per heavy atom. The Kier molecular flexibility index (Phi) is 6.72. The molecule has 8 heteroatoms. The Balaban J connectivity index is 1.44. The SMILES string of the molecule is Nc1ccc(-c2cccs2)cc1NC(=O)c1ccc(N(CCN2CCCC2)C(=O)O)cc1. The van der Waals surface area contributed by atoms with Gasteiger partial charge in [0.15, 0.2) is 0 Å². The lowest BCUT2D eigenvalue weighted by atomic mass is 10.1. The molecule has 1 saturated heterocycles. The molecule has 0 unspecified atom stereocenters. The van der Waals surface area contributed by atoms with Crippen LogP contribution in [0.2, 0.25) is 0 Å². The van der Waals surface area contributed by atoms with E-state index in [-0.39, 0.29) is 5.91 Å². The molecule has 1 fully saturated rings. The molecule has 2 amide bonds. The molecule has 0 saturated carbocycles. The molecule has 0 bridgehead atoms. The first-order chi connectivity index (χ1) is 15.5. The van der Waals surface area contributed by atoms with Crippen LogP contribution < -0.4 is 16.0 Å². The molecule has 32 heavy (non-hydrogen) atoms. The number of thiophene rings is 1. The molecule has 0 aliphatic carbocycles. The Morgan fingerprint density at radius 3 is 2.50 bits per heavy atom. The second-order valence-electron chi connectivity index (χ2n) is 7.76. The van der Waals surface area contributed by atoms with E-state index in [1.165, 1.54) is 4.90 Å². The number of carbonyl (C=O) groups is 2. The summed E-state index contributed by atoms with van der Waals surface area (Å²) in [6.45, 7) is 3.13. The Labute approximate surface area is 191 Å². The van der Waals surface area contributed by atoms with Gasteiger partial charge in [-0.25, -0.2) is 4.79 Å². The van der Waals surface area contributed by atoms with Crippen molar-refractivity contribution in [2.45, 2.75) is 12.8 Å². The van der Waals surface area contributed by atoms with Gasteiger partial charge in [0.25, 0.3) is 5.91 Å². The van der Waals surface area contributed by atoms with Gasteiger partial charge in [0.1, 0.15) is 0 Å². The summed E-state index contributed by atoms with van der Waals surface area (Å²) >= 11 is 1.62. The van der Waals surface area contributed by atoms with Crippen LogP contribution in [0.1, 0.15) is 23.2 Å². The zero-order valence-corrected chi connectivity index (χ0v) is 18.5. The Morgan fingerprint density at radius 1 is 1.09 bits per heavy atom. The van der Waals surface area contributed by atoms with E-state index in [2.05, 4.69) is 10.2 Å². The fraction of sp³-hybridized carbons (Fsp3) is 0.250. The number of amides is 2. The van der Waals surface area contributed by atoms with Crippen molar-refractivity contribution >= 4 is 40.4 Å². The summed E-state index contributed by atoms with van der Waals surface area (Å²) in [5, 5.41) is 14.5. The maximum absolute atomic E-state index is 12.8. The lowest BCUT2D eigenvalue weighted by Crippen LogP contribution is -2.37. The normalized spacial score (nSPS) is 13.8. The van der Waals surface area contributed by atoms with E-state index in [4.69, 9.17) is 5.73 Å². The molecule has 1 aromatic heterocycles. The van der Waals surface area contributed by atoms with Crippen LogP contribution in [0, 0.1) is 0 Å². The molecule has 0 atom stereocenters. The second-order valence-corrected chi connectivity index (χ2v) is 8.71. The number of anilines is 3. The molecule has 4 rings (SSSR count). The maximum Gasteiger partial charge on any atom is 0.411 e. The average Bonchev–Trinajstić information content (AvgIpc) is 3.50. The number of carboxylic acid groups (broad SMARTS) is 1. The highest BCUT2D eigenvalue weighted by Gasteiger charge is 2.18. The van der Waals surface area contributed by atoms with Gasteiger partial charge in [0, 0.05) is 29.2 Å². The van der Waals surface area contributed by atoms with Gasteiger partial charge in [0.2, 0.25) is 0 Å². The van der Waals surface area contributed by atoms with Gasteiger partial charge in [0.05, 0.1) is 11.4 Å². The van der Waals surface area contributed by atoms with Gasteiger partial charge < -0.3 is 21.1 Å². The summed E-state index contributed by atoms with van der Waals surface area (Å²) in [7, 11) is 0. The molecule has 2 heterocycles. The van der Waals surface area contributed by atoms with E-state index in [1.54, 1.807) is 41.7 Å². The molecule has 0 radical (unpaired) electrons. The summed E-state index contributed by atoms with van der Waals surface area (Å²) in [6.07, 6.45) is 1.33. The maximum atomic E-state index is 12.8. The van der Waals surface area contributed by atoms with E-state index in [0.717, 1.165) is 36.4 Å². The number of rotatable bonds is 7. The zero-order chi connectivity index (χ0) is 22.5. The summed E-state index contributed by atoms with van der Waals surface area (Å²) in [6, 6.07) is 16.1. The number of nitrogens with two attached hydrogens (primary N) is 1. The predicted molar refractivity (Wildman–Crippen MR) is 130 cm³/mol. The van der Waals surface area contributed by atoms with Gasteiger partial charge >= 0.3 is 6.09 Å². The van der Waals surface area contributed by atoms with Gasteiger partial charge in [-0.3, -0.25) is 9.69 Å². The third kappa shape index (κ3) is 5.09. The number of likely N-dealkylation sites (tertiary alicyclic amines) is 1. The van der Waals surface area contributed by atoms with Crippen LogP contribution in [-0.2, 0) is 0 Å². The van der Waals surface area contributed by atoms with Crippen LogP contribution in [-0.4, -0.2) is 48.2 Å². The van der Waals surface area contributed by atoms with Gasteiger partial charge in [-0.15, -0.1) is 11.3 Å². The lowest BCUT2D eigenvalue weighted by Gasteiger charge is -2.23. The van der Waals surface area contributed by atoms with Crippen molar-refractivity contribution in [2.75, 3.05) is 42.1 Å². The summed E-state index contributed by atoms with van der Waals surface area (Å²) < 4.78 is 0. The van der Waals surface area contributed by atoms with Crippen LogP contribution in [0.3, 0.4) is 0 Å². The van der Waals surface area contributed by atoms with Crippen molar-refractivity contribution < 1.29 is 14.7 Å². The van der Waals surface area contributed by atoms with Crippen LogP contribution in [0.15, 0.2) is 60.0 Å². The van der Waals surface area contributed by atoms with E-state index in [1.807, 2.05) is 29.6 Å². The molecule has 1 aliphatic heterocycles. The number of hydrogen-bond acceptors (Lipinski definition) is 5. The number of hydrogen-bond donors (Lipinski definition) is 3. The van der Waals surface area contributed by atoms with Crippen molar-refractivity contribution in [1.82, 2.24) is 4.90 Å². The Bertz CT molecular complexity index is 1080.